The molecule has 0 aromatic heterocycles. The third-order valence-electron chi connectivity index (χ3n) is 5.94. The molecule has 5 unspecified atom stereocenters. The van der Waals surface area contributed by atoms with Crippen LogP contribution in [0.3, 0.4) is 0 Å². The fourth-order valence-electron chi connectivity index (χ4n) is 1.83. The molecule has 0 aliphatic rings. The molecule has 0 amide bonds. The Kier molecular flexibility index (Phi) is 201. The molecule has 0 bridgehead atoms. The number of nitrogens with zero attached hydrogens (tertiary/aromatic N) is 18. The first-order valence-electron chi connectivity index (χ1n) is 21.9. The summed E-state index contributed by atoms with van der Waals surface area (Å²) in [5, 5.41) is 139. The van der Waals surface area contributed by atoms with Gasteiger partial charge in [-0.05, 0) is 80.1 Å². The summed E-state index contributed by atoms with van der Waals surface area (Å²) in [7, 11) is 0. The number of hydrogen-bond donors (Lipinski definition) is 1. The molecule has 0 saturated heterocycles. The van der Waals surface area contributed by atoms with Crippen LogP contribution in [0, 0.1) is 239 Å². The van der Waals surface area contributed by atoms with Gasteiger partial charge in [-0.3, -0.25) is 0 Å². The Morgan fingerprint density at radius 2 is 0.779 bits per heavy atom. The second-order valence-corrected chi connectivity index (χ2v) is 12.6. The summed E-state index contributed by atoms with van der Waals surface area (Å²) in [6.45, 7) is 46.3. The van der Waals surface area contributed by atoms with Crippen LogP contribution in [-0.4, -0.2) is 0 Å². The maximum absolute atomic E-state index is 8.26. The van der Waals surface area contributed by atoms with Crippen molar-refractivity contribution in [1.29, 1.82) is 98.9 Å². The Morgan fingerprint density at radius 3 is 0.870 bits per heavy atom. The van der Waals surface area contributed by atoms with Crippen LogP contribution in [-0.2, 0) is 17.2 Å². The second kappa shape index (κ2) is 144. The predicted molar refractivity (Wildman–Crippen MR) is 293 cm³/mol. The van der Waals surface area contributed by atoms with Gasteiger partial charge < -0.3 is 0 Å². The van der Waals surface area contributed by atoms with Gasteiger partial charge in [0.25, 0.3) is 0 Å². The van der Waals surface area contributed by atoms with E-state index in [0.717, 1.165) is 25.7 Å². The molecule has 19 nitrogen and oxygen atoms in total. The fourth-order valence-corrected chi connectivity index (χ4v) is 1.83. The molecule has 0 radical (unpaired) electrons. The van der Waals surface area contributed by atoms with Crippen molar-refractivity contribution in [1.82, 2.24) is 0 Å². The number of nitrogens with one attached hydrogen (secondary N) is 1. The van der Waals surface area contributed by atoms with Crippen LogP contribution >= 0.6 is 0 Å². The van der Waals surface area contributed by atoms with Crippen LogP contribution in [0.25, 0.3) is 0 Å². The molecule has 1 N–H and O–H groups in total. The van der Waals surface area contributed by atoms with Crippen molar-refractivity contribution in [3.8, 4) is 111 Å². The molecule has 403 valence electrons. The predicted octanol–water partition coefficient (Wildman–Crippen LogP) is 14.8. The summed E-state index contributed by atoms with van der Waals surface area (Å²) in [6.07, 6.45) is 16.0. The van der Waals surface area contributed by atoms with Crippen molar-refractivity contribution >= 4 is 0 Å². The molecule has 20 heteroatoms. The topological polar surface area (TPSA) is 452 Å². The van der Waals surface area contributed by atoms with E-state index in [9.17, 15) is 0 Å². The molecular formula is C57H75N19V. The van der Waals surface area contributed by atoms with Crippen molar-refractivity contribution < 1.29 is 17.2 Å². The summed E-state index contributed by atoms with van der Waals surface area (Å²) in [6, 6.07) is 29.3. The number of hydrogen-bond acceptors (Lipinski definition) is 19. The van der Waals surface area contributed by atoms with Crippen molar-refractivity contribution in [2.45, 2.75) is 132 Å². The molecule has 0 spiro atoms. The number of nitriles is 18. The van der Waals surface area contributed by atoms with Crippen molar-refractivity contribution in [3.63, 3.8) is 0 Å². The third kappa shape index (κ3) is 267. The fraction of sp³-hybridized carbons (Fsp3) is 0.439. The zero-order chi connectivity index (χ0) is 64.4. The van der Waals surface area contributed by atoms with Crippen LogP contribution in [0.15, 0.2) is 87.6 Å². The van der Waals surface area contributed by atoms with Gasteiger partial charge in [0.1, 0.15) is 0 Å². The molecule has 0 aromatic carbocycles. The van der Waals surface area contributed by atoms with E-state index in [2.05, 4.69) is 65.8 Å². The second-order valence-electron chi connectivity index (χ2n) is 12.6. The van der Waals surface area contributed by atoms with E-state index in [-0.39, 0.29) is 29.6 Å². The molecule has 77 heavy (non-hydrogen) atoms. The first-order valence-corrected chi connectivity index (χ1v) is 22.6. The SMILES string of the molecule is C#N.C#N.C#N.C=C(C)C#N.C=C(C)C#N.C=CC#N.C=CC(C)C#N.C=CC(C)C#N.C=CCC#N.C=CCCC#N.CC(C#N)CCC#N.CC(C#N)CCC#N.CCC(C#N)CC#N.N#CCCCCC#N.[NH]=[V]. The molecular weight excluding hydrogens is 1000 g/mol. The van der Waals surface area contributed by atoms with Crippen LogP contribution in [0.4, 0.5) is 0 Å². The van der Waals surface area contributed by atoms with E-state index in [1.165, 1.54) is 6.08 Å². The van der Waals surface area contributed by atoms with Crippen LogP contribution in [0.1, 0.15) is 132 Å². The Labute approximate surface area is 473 Å². The van der Waals surface area contributed by atoms with Gasteiger partial charge in [0.15, 0.2) is 0 Å². The van der Waals surface area contributed by atoms with Gasteiger partial charge in [-0.15, -0.1) is 26.3 Å². The van der Waals surface area contributed by atoms with E-state index in [1.807, 2.05) is 106 Å². The van der Waals surface area contributed by atoms with E-state index in [4.69, 9.17) is 98.9 Å². The van der Waals surface area contributed by atoms with E-state index < -0.39 is 0 Å². The van der Waals surface area contributed by atoms with Crippen molar-refractivity contribution in [3.05, 3.63) is 87.6 Å². The Bertz CT molecular complexity index is 2040. The number of unbranched alkanes of at least 4 members (excludes halogenated alkanes) is 4. The Morgan fingerprint density at radius 1 is 0.481 bits per heavy atom. The van der Waals surface area contributed by atoms with Crippen molar-refractivity contribution in [2.75, 3.05) is 0 Å². The van der Waals surface area contributed by atoms with Gasteiger partial charge in [-0.2, -0.15) is 78.9 Å². The minimum absolute atomic E-state index is 0.00463. The average Bonchev–Trinajstić information content (AvgIpc) is 3.48. The minimum atomic E-state index is -0.0556. The van der Waals surface area contributed by atoms with Gasteiger partial charge in [0.05, 0.1) is 122 Å². The summed E-state index contributed by atoms with van der Waals surface area (Å²) in [5.41, 5.74) is 1.12. The quantitative estimate of drug-likeness (QED) is 0.0959. The molecule has 0 saturated carbocycles. The molecule has 0 aliphatic carbocycles. The molecule has 0 aliphatic heterocycles. The standard InChI is InChI=1S/4C6H8N2.3C5H7N.3C4H5N.C3H3N.3CHN.HN.V/c2*1-6(5-8)3-2-4-7;1-2-6(5-8)3-4-7;7-5-3-1-2-4-6-8;2*1-3-5(2)4-6;1-2-3-4-5-6;2*1-4(2)3-5;1-2-3-4-5;1-2-3-4;3*1-2;;/h3*6H,2-3H2,1H3;1-4H2;2*3,5H,1H2,2H3;2H,1,3-4H2;2*1H2,2H3;2H,1,3H2;2H,1H2;3*1H;1H;. The first kappa shape index (κ1) is 107. The summed E-state index contributed by atoms with van der Waals surface area (Å²) < 4.78 is 5.69. The molecule has 0 heterocycles. The molecule has 0 rings (SSSR count). The molecule has 0 aromatic rings. The molecule has 5 atom stereocenters. The summed E-state index contributed by atoms with van der Waals surface area (Å²) >= 11 is 1.56. The molecule has 0 fully saturated rings. The number of allylic oxidation sites excluding steroid dienone is 7. The van der Waals surface area contributed by atoms with Gasteiger partial charge in [0, 0.05) is 80.9 Å². The van der Waals surface area contributed by atoms with E-state index in [1.54, 1.807) is 75.3 Å². The Balaban J connectivity index is -0.0000000419. The average molecular weight is 1080 g/mol. The van der Waals surface area contributed by atoms with Crippen LogP contribution in [0.2, 0.25) is 0 Å². The van der Waals surface area contributed by atoms with Crippen molar-refractivity contribution in [2.24, 2.45) is 29.6 Å². The summed E-state index contributed by atoms with van der Waals surface area (Å²) in [4.78, 5) is 0. The monoisotopic (exact) mass is 1080 g/mol. The van der Waals surface area contributed by atoms with Crippen LogP contribution in [0.5, 0.6) is 0 Å². The third-order valence-corrected chi connectivity index (χ3v) is 5.94. The maximum atomic E-state index is 8.26. The van der Waals surface area contributed by atoms with Gasteiger partial charge in [0.2, 0.25) is 0 Å². The van der Waals surface area contributed by atoms with E-state index in [0.29, 0.717) is 68.9 Å². The van der Waals surface area contributed by atoms with Gasteiger partial charge >= 0.3 is 21.4 Å². The van der Waals surface area contributed by atoms with E-state index >= 15 is 0 Å². The van der Waals surface area contributed by atoms with Gasteiger partial charge in [-0.25, -0.2) is 15.8 Å². The van der Waals surface area contributed by atoms with Crippen LogP contribution < -0.4 is 0 Å². The normalized spacial score (nSPS) is 8.06. The Hall–Kier alpha value is -10.6. The number of rotatable bonds is 14. The van der Waals surface area contributed by atoms with Gasteiger partial charge in [-0.1, -0.05) is 51.0 Å². The zero-order valence-electron chi connectivity index (χ0n) is 46.1. The zero-order valence-corrected chi connectivity index (χ0v) is 47.5. The summed E-state index contributed by atoms with van der Waals surface area (Å²) in [5.74, 6) is 0.0271. The first-order chi connectivity index (χ1) is 36.8.